The second-order valence-corrected chi connectivity index (χ2v) is 6.78. The summed E-state index contributed by atoms with van der Waals surface area (Å²) in [7, 11) is 0. The third-order valence-electron chi connectivity index (χ3n) is 5.01. The first kappa shape index (κ1) is 17.6. The van der Waals surface area contributed by atoms with Crippen molar-refractivity contribution in [1.29, 1.82) is 0 Å². The smallest absolute Gasteiger partial charge is 0.317 e. The van der Waals surface area contributed by atoms with E-state index in [9.17, 15) is 4.79 Å². The van der Waals surface area contributed by atoms with Crippen LogP contribution in [0, 0.1) is 0 Å². The van der Waals surface area contributed by atoms with E-state index in [1.165, 1.54) is 5.56 Å². The maximum Gasteiger partial charge on any atom is 0.317 e. The summed E-state index contributed by atoms with van der Waals surface area (Å²) in [4.78, 5) is 20.8. The van der Waals surface area contributed by atoms with Crippen molar-refractivity contribution in [3.63, 3.8) is 0 Å². The molecule has 1 fully saturated rings. The maximum atomic E-state index is 12.4. The first-order valence-corrected chi connectivity index (χ1v) is 9.30. The van der Waals surface area contributed by atoms with Crippen molar-refractivity contribution in [2.75, 3.05) is 39.5 Å². The van der Waals surface area contributed by atoms with E-state index in [1.807, 2.05) is 35.5 Å². The summed E-state index contributed by atoms with van der Waals surface area (Å²) in [5, 5.41) is 3.00. The fraction of sp³-hybridized carbons (Fsp3) is 0.400. The van der Waals surface area contributed by atoms with Crippen molar-refractivity contribution >= 4 is 6.03 Å². The largest absolute Gasteiger partial charge is 0.454 e. The van der Waals surface area contributed by atoms with Crippen LogP contribution in [0.4, 0.5) is 4.79 Å². The minimum absolute atomic E-state index is 0.0125. The summed E-state index contributed by atoms with van der Waals surface area (Å²) in [6.45, 7) is 5.07. The third kappa shape index (κ3) is 4.49. The molecule has 0 aliphatic carbocycles. The number of benzene rings is 1. The zero-order chi connectivity index (χ0) is 18.5. The Morgan fingerprint density at radius 3 is 2.59 bits per heavy atom. The molecule has 0 bridgehead atoms. The number of amides is 2. The SMILES string of the molecule is O=C(NCc1ccc2c(c1)OCO2)N1CCN(CCc2ccncc2)CC1. The highest BCUT2D eigenvalue weighted by molar-refractivity contribution is 5.74. The molecule has 1 saturated heterocycles. The topological polar surface area (TPSA) is 66.9 Å². The van der Waals surface area contributed by atoms with Crippen LogP contribution < -0.4 is 14.8 Å². The van der Waals surface area contributed by atoms with Gasteiger partial charge in [-0.3, -0.25) is 9.88 Å². The van der Waals surface area contributed by atoms with Gasteiger partial charge in [0.05, 0.1) is 0 Å². The molecule has 7 heteroatoms. The molecule has 0 saturated carbocycles. The first-order valence-electron chi connectivity index (χ1n) is 9.30. The highest BCUT2D eigenvalue weighted by atomic mass is 16.7. The summed E-state index contributed by atoms with van der Waals surface area (Å²) in [6, 6.07) is 9.84. The van der Waals surface area contributed by atoms with Gasteiger partial charge in [-0.15, -0.1) is 0 Å². The van der Waals surface area contributed by atoms with Gasteiger partial charge in [0.2, 0.25) is 6.79 Å². The van der Waals surface area contributed by atoms with Gasteiger partial charge >= 0.3 is 6.03 Å². The van der Waals surface area contributed by atoms with Crippen molar-refractivity contribution in [3.8, 4) is 11.5 Å². The van der Waals surface area contributed by atoms with Gasteiger partial charge in [-0.05, 0) is 41.8 Å². The Morgan fingerprint density at radius 2 is 1.78 bits per heavy atom. The summed E-state index contributed by atoms with van der Waals surface area (Å²) in [5.41, 5.74) is 2.30. The molecule has 3 heterocycles. The molecular formula is C20H24N4O3. The first-order chi connectivity index (χ1) is 13.3. The van der Waals surface area contributed by atoms with Crippen molar-refractivity contribution < 1.29 is 14.3 Å². The average Bonchev–Trinajstić information content (AvgIpc) is 3.19. The monoisotopic (exact) mass is 368 g/mol. The molecule has 2 aromatic rings. The van der Waals surface area contributed by atoms with Crippen molar-refractivity contribution in [2.45, 2.75) is 13.0 Å². The Bertz CT molecular complexity index is 776. The lowest BCUT2D eigenvalue weighted by Crippen LogP contribution is -2.51. The number of hydrogen-bond donors (Lipinski definition) is 1. The molecule has 27 heavy (non-hydrogen) atoms. The van der Waals surface area contributed by atoms with E-state index in [1.54, 1.807) is 0 Å². The number of aromatic nitrogens is 1. The molecule has 2 aliphatic heterocycles. The van der Waals surface area contributed by atoms with Gasteiger partial charge in [0.1, 0.15) is 0 Å². The van der Waals surface area contributed by atoms with Crippen LogP contribution in [-0.2, 0) is 13.0 Å². The molecule has 0 spiro atoms. The standard InChI is InChI=1S/C20H24N4O3/c25-20(22-14-17-1-2-18-19(13-17)27-15-26-18)24-11-9-23(10-12-24)8-5-16-3-6-21-7-4-16/h1-4,6-7,13H,5,8-12,14-15H2,(H,22,25). The molecule has 4 rings (SSSR count). The maximum absolute atomic E-state index is 12.4. The number of ether oxygens (including phenoxy) is 2. The summed E-state index contributed by atoms with van der Waals surface area (Å²) >= 11 is 0. The van der Waals surface area contributed by atoms with Crippen LogP contribution in [0.3, 0.4) is 0 Å². The molecule has 142 valence electrons. The molecule has 0 radical (unpaired) electrons. The van der Waals surface area contributed by atoms with Crippen LogP contribution in [0.15, 0.2) is 42.7 Å². The zero-order valence-electron chi connectivity index (χ0n) is 15.3. The van der Waals surface area contributed by atoms with E-state index >= 15 is 0 Å². The fourth-order valence-corrected chi connectivity index (χ4v) is 3.35. The molecule has 2 aliphatic rings. The Morgan fingerprint density at radius 1 is 1.00 bits per heavy atom. The van der Waals surface area contributed by atoms with Crippen molar-refractivity contribution in [3.05, 3.63) is 53.9 Å². The molecule has 1 aromatic carbocycles. The van der Waals surface area contributed by atoms with E-state index < -0.39 is 0 Å². The van der Waals surface area contributed by atoms with E-state index in [0.717, 1.165) is 56.2 Å². The second kappa shape index (κ2) is 8.26. The number of urea groups is 1. The molecule has 2 amide bonds. The summed E-state index contributed by atoms with van der Waals surface area (Å²) < 4.78 is 10.7. The van der Waals surface area contributed by atoms with Gasteiger partial charge in [0.15, 0.2) is 11.5 Å². The van der Waals surface area contributed by atoms with E-state index in [4.69, 9.17) is 9.47 Å². The van der Waals surface area contributed by atoms with Crippen LogP contribution in [0.25, 0.3) is 0 Å². The Hall–Kier alpha value is -2.80. The Balaban J connectivity index is 1.19. The molecule has 1 aromatic heterocycles. The van der Waals surface area contributed by atoms with E-state index in [-0.39, 0.29) is 12.8 Å². The summed E-state index contributed by atoms with van der Waals surface area (Å²) in [6.07, 6.45) is 4.67. The number of carbonyl (C=O) groups excluding carboxylic acids is 1. The zero-order valence-corrected chi connectivity index (χ0v) is 15.3. The molecule has 7 nitrogen and oxygen atoms in total. The molecule has 1 N–H and O–H groups in total. The molecule has 0 atom stereocenters. The normalized spacial score (nSPS) is 16.4. The highest BCUT2D eigenvalue weighted by Gasteiger charge is 2.21. The molecular weight excluding hydrogens is 344 g/mol. The van der Waals surface area contributed by atoms with Gasteiger partial charge < -0.3 is 19.7 Å². The van der Waals surface area contributed by atoms with Gasteiger partial charge in [0.25, 0.3) is 0 Å². The predicted molar refractivity (Wildman–Crippen MR) is 101 cm³/mol. The highest BCUT2D eigenvalue weighted by Crippen LogP contribution is 2.32. The van der Waals surface area contributed by atoms with Crippen LogP contribution in [-0.4, -0.2) is 60.3 Å². The van der Waals surface area contributed by atoms with Gasteiger partial charge in [-0.1, -0.05) is 6.07 Å². The lowest BCUT2D eigenvalue weighted by molar-refractivity contribution is 0.140. The number of rotatable bonds is 5. The number of piperazine rings is 1. The van der Waals surface area contributed by atoms with Gasteiger partial charge in [0, 0.05) is 51.7 Å². The van der Waals surface area contributed by atoms with Crippen molar-refractivity contribution in [1.82, 2.24) is 20.1 Å². The van der Waals surface area contributed by atoms with Crippen LogP contribution in [0.2, 0.25) is 0 Å². The van der Waals surface area contributed by atoms with E-state index in [0.29, 0.717) is 6.54 Å². The molecule has 0 unspecified atom stereocenters. The fourth-order valence-electron chi connectivity index (χ4n) is 3.35. The summed E-state index contributed by atoms with van der Waals surface area (Å²) in [5.74, 6) is 1.50. The number of hydrogen-bond acceptors (Lipinski definition) is 5. The van der Waals surface area contributed by atoms with Crippen molar-refractivity contribution in [2.24, 2.45) is 0 Å². The van der Waals surface area contributed by atoms with Crippen LogP contribution in [0.1, 0.15) is 11.1 Å². The van der Waals surface area contributed by atoms with Crippen LogP contribution >= 0.6 is 0 Å². The third-order valence-corrected chi connectivity index (χ3v) is 5.01. The van der Waals surface area contributed by atoms with E-state index in [2.05, 4.69) is 27.3 Å². The number of nitrogens with one attached hydrogen (secondary N) is 1. The van der Waals surface area contributed by atoms with Gasteiger partial charge in [-0.2, -0.15) is 0 Å². The lowest BCUT2D eigenvalue weighted by atomic mass is 10.2. The average molecular weight is 368 g/mol. The quantitative estimate of drug-likeness (QED) is 0.873. The number of fused-ring (bicyclic) bond motifs is 1. The number of pyridine rings is 1. The predicted octanol–water partition coefficient (Wildman–Crippen LogP) is 1.88. The Kier molecular flexibility index (Phi) is 5.39. The Labute approximate surface area is 158 Å². The minimum atomic E-state index is -0.0125. The van der Waals surface area contributed by atoms with Gasteiger partial charge in [-0.25, -0.2) is 4.79 Å². The second-order valence-electron chi connectivity index (χ2n) is 6.78. The lowest BCUT2D eigenvalue weighted by Gasteiger charge is -2.34. The minimum Gasteiger partial charge on any atom is -0.454 e. The number of nitrogens with zero attached hydrogens (tertiary/aromatic N) is 3. The number of carbonyl (C=O) groups is 1. The van der Waals surface area contributed by atoms with Crippen LogP contribution in [0.5, 0.6) is 11.5 Å².